The van der Waals surface area contributed by atoms with E-state index in [1.165, 1.54) is 0 Å². The molecule has 1 unspecified atom stereocenters. The maximum absolute atomic E-state index is 10.6. The van der Waals surface area contributed by atoms with Gasteiger partial charge in [0.2, 0.25) is 11.5 Å². The Bertz CT molecular complexity index is 1290. The highest BCUT2D eigenvalue weighted by molar-refractivity contribution is 5.85. The van der Waals surface area contributed by atoms with Crippen LogP contribution in [0.1, 0.15) is 32.2 Å². The molecule has 1 aromatic carbocycles. The van der Waals surface area contributed by atoms with Crippen molar-refractivity contribution in [2.45, 2.75) is 32.0 Å². The van der Waals surface area contributed by atoms with Gasteiger partial charge in [-0.25, -0.2) is 9.67 Å². The highest BCUT2D eigenvalue weighted by Crippen LogP contribution is 2.34. The molecule has 0 fully saturated rings. The van der Waals surface area contributed by atoms with Crippen molar-refractivity contribution in [3.63, 3.8) is 0 Å². The van der Waals surface area contributed by atoms with Crippen molar-refractivity contribution in [3.05, 3.63) is 66.2 Å². The number of nitrogen functional groups attached to an aromatic ring is 1. The van der Waals surface area contributed by atoms with Crippen molar-refractivity contribution in [2.75, 3.05) is 5.73 Å². The lowest BCUT2D eigenvalue weighted by Gasteiger charge is -2.24. The van der Waals surface area contributed by atoms with Crippen LogP contribution in [0.2, 0.25) is 0 Å². The largest absolute Gasteiger partial charge is 0.469 e. The number of aliphatic hydroxyl groups is 1. The summed E-state index contributed by atoms with van der Waals surface area (Å²) in [5, 5.41) is 16.0. The van der Waals surface area contributed by atoms with Gasteiger partial charge >= 0.3 is 0 Å². The van der Waals surface area contributed by atoms with Gasteiger partial charge in [-0.05, 0) is 45.0 Å². The van der Waals surface area contributed by atoms with E-state index in [0.717, 1.165) is 5.39 Å². The van der Waals surface area contributed by atoms with Crippen LogP contribution in [-0.2, 0) is 11.2 Å². The Labute approximate surface area is 179 Å². The van der Waals surface area contributed by atoms with Crippen molar-refractivity contribution in [1.82, 2.24) is 24.7 Å². The number of nitrogens with two attached hydrogens (primary N) is 1. The average Bonchev–Trinajstić information content (AvgIpc) is 3.14. The van der Waals surface area contributed by atoms with Gasteiger partial charge in [0.25, 0.3) is 0 Å². The van der Waals surface area contributed by atoms with Crippen LogP contribution in [0.4, 0.5) is 5.95 Å². The minimum atomic E-state index is -1.17. The molecule has 0 saturated carbocycles. The maximum Gasteiger partial charge on any atom is 0.221 e. The lowest BCUT2D eigenvalue weighted by molar-refractivity contribution is 0.0749. The summed E-state index contributed by atoms with van der Waals surface area (Å²) in [5.74, 6) is 3.79. The van der Waals surface area contributed by atoms with Crippen LogP contribution in [0, 0.1) is 12.3 Å². The predicted octanol–water partition coefficient (Wildman–Crippen LogP) is 2.95. The van der Waals surface area contributed by atoms with Crippen LogP contribution >= 0.6 is 0 Å². The Balaban J connectivity index is 1.86. The van der Waals surface area contributed by atoms with E-state index < -0.39 is 11.2 Å². The molecule has 31 heavy (non-hydrogen) atoms. The van der Waals surface area contributed by atoms with Crippen LogP contribution < -0.4 is 10.5 Å². The molecule has 3 N–H and O–H groups in total. The van der Waals surface area contributed by atoms with Crippen molar-refractivity contribution >= 4 is 16.9 Å². The normalized spacial score (nSPS) is 13.5. The first-order valence-corrected chi connectivity index (χ1v) is 9.64. The molecule has 0 aliphatic rings. The van der Waals surface area contributed by atoms with E-state index in [1.54, 1.807) is 56.0 Å². The zero-order valence-electron chi connectivity index (χ0n) is 17.4. The third-order valence-electron chi connectivity index (χ3n) is 4.86. The minimum absolute atomic E-state index is 0.119. The van der Waals surface area contributed by atoms with E-state index >= 15 is 0 Å². The summed E-state index contributed by atoms with van der Waals surface area (Å²) in [5.41, 5.74) is 5.30. The molecule has 4 rings (SSSR count). The van der Waals surface area contributed by atoms with Crippen LogP contribution in [-0.4, -0.2) is 29.8 Å². The lowest BCUT2D eigenvalue weighted by atomic mass is 10.0. The van der Waals surface area contributed by atoms with Crippen LogP contribution in [0.25, 0.3) is 16.7 Å². The molecule has 0 aliphatic carbocycles. The molecule has 3 aromatic heterocycles. The zero-order chi connectivity index (χ0) is 22.2. The first-order valence-electron chi connectivity index (χ1n) is 9.64. The van der Waals surface area contributed by atoms with E-state index in [2.05, 4.69) is 26.0 Å². The summed E-state index contributed by atoms with van der Waals surface area (Å²) in [4.78, 5) is 12.5. The van der Waals surface area contributed by atoms with E-state index in [-0.39, 0.29) is 5.95 Å². The second kappa shape index (κ2) is 7.38. The van der Waals surface area contributed by atoms with Gasteiger partial charge < -0.3 is 15.6 Å². The molecule has 0 bridgehead atoms. The number of aromatic nitrogens is 5. The van der Waals surface area contributed by atoms with Crippen molar-refractivity contribution in [1.29, 1.82) is 0 Å². The molecule has 0 aliphatic heterocycles. The van der Waals surface area contributed by atoms with E-state index in [9.17, 15) is 5.11 Å². The highest BCUT2D eigenvalue weighted by Gasteiger charge is 2.29. The fourth-order valence-corrected chi connectivity index (χ4v) is 3.30. The number of terminal acetylenes is 1. The van der Waals surface area contributed by atoms with Crippen LogP contribution in [0.15, 0.2) is 54.9 Å². The summed E-state index contributed by atoms with van der Waals surface area (Å²) in [6.45, 7) is 5.13. The predicted molar refractivity (Wildman–Crippen MR) is 117 cm³/mol. The fourth-order valence-electron chi connectivity index (χ4n) is 3.30. The Morgan fingerprint density at radius 2 is 1.90 bits per heavy atom. The number of benzene rings is 1. The third-order valence-corrected chi connectivity index (χ3v) is 4.86. The number of anilines is 1. The lowest BCUT2D eigenvalue weighted by Crippen LogP contribution is -2.28. The molecular formula is C23H22N6O2. The Morgan fingerprint density at radius 3 is 2.55 bits per heavy atom. The second-order valence-electron chi connectivity index (χ2n) is 7.77. The summed E-state index contributed by atoms with van der Waals surface area (Å²) >= 11 is 0. The van der Waals surface area contributed by atoms with Crippen LogP contribution in [0.5, 0.6) is 5.75 Å². The molecule has 8 nitrogen and oxygen atoms in total. The zero-order valence-corrected chi connectivity index (χ0v) is 17.4. The molecule has 3 heterocycles. The molecule has 156 valence electrons. The first-order chi connectivity index (χ1) is 14.7. The molecule has 8 heteroatoms. The van der Waals surface area contributed by atoms with Gasteiger partial charge in [-0.1, -0.05) is 12.0 Å². The smallest absolute Gasteiger partial charge is 0.221 e. The molecule has 0 spiro atoms. The summed E-state index contributed by atoms with van der Waals surface area (Å²) in [6, 6.07) is 12.6. The van der Waals surface area contributed by atoms with Crippen LogP contribution in [0.3, 0.4) is 0 Å². The number of pyridine rings is 1. The summed E-state index contributed by atoms with van der Waals surface area (Å²) in [6.07, 6.45) is 9.02. The monoisotopic (exact) mass is 414 g/mol. The molecular weight excluding hydrogens is 392 g/mol. The average molecular weight is 414 g/mol. The molecule has 0 amide bonds. The maximum atomic E-state index is 10.6. The summed E-state index contributed by atoms with van der Waals surface area (Å²) in [7, 11) is 0. The summed E-state index contributed by atoms with van der Waals surface area (Å²) < 4.78 is 7.79. The molecule has 1 atom stereocenters. The van der Waals surface area contributed by atoms with Gasteiger partial charge in [-0.3, -0.25) is 4.98 Å². The Kier molecular flexibility index (Phi) is 4.84. The molecule has 0 saturated heterocycles. The van der Waals surface area contributed by atoms with Gasteiger partial charge in [0, 0.05) is 29.9 Å². The van der Waals surface area contributed by atoms with Gasteiger partial charge in [-0.15, -0.1) is 6.42 Å². The number of rotatable bonds is 5. The molecule has 4 aromatic rings. The number of nitrogens with zero attached hydrogens (tertiary/aromatic N) is 5. The quantitative estimate of drug-likeness (QED) is 0.483. The number of hydrogen-bond donors (Lipinski definition) is 2. The van der Waals surface area contributed by atoms with E-state index in [4.69, 9.17) is 16.9 Å². The van der Waals surface area contributed by atoms with E-state index in [0.29, 0.717) is 28.5 Å². The second-order valence-corrected chi connectivity index (χ2v) is 7.77. The van der Waals surface area contributed by atoms with Gasteiger partial charge in [0.15, 0.2) is 5.82 Å². The van der Waals surface area contributed by atoms with Crippen molar-refractivity contribution < 1.29 is 9.84 Å². The number of fused-ring (bicyclic) bond motifs is 1. The van der Waals surface area contributed by atoms with Gasteiger partial charge in [-0.2, -0.15) is 10.1 Å². The van der Waals surface area contributed by atoms with Crippen molar-refractivity contribution in [2.24, 2.45) is 0 Å². The van der Waals surface area contributed by atoms with Gasteiger partial charge in [0.1, 0.15) is 17.0 Å². The SMILES string of the molecule is C#CC(C)(Oc1ccc2c(C(C)(C)O)nn(-c3ccnc(N)n3)c2c1)c1ccccn1. The molecule has 0 radical (unpaired) electrons. The third kappa shape index (κ3) is 3.79. The number of hydrogen-bond acceptors (Lipinski definition) is 7. The van der Waals surface area contributed by atoms with Crippen molar-refractivity contribution in [3.8, 4) is 23.9 Å². The standard InChI is InChI=1S/C23H22N6O2/c1-5-23(4,18-8-6-7-12-25-18)31-15-9-10-16-17(14-15)29(28-20(16)22(2,3)30)19-11-13-26-21(24)27-19/h1,6-14,30H,2-4H3,(H2,24,26,27). The number of ether oxygens (including phenoxy) is 1. The highest BCUT2D eigenvalue weighted by atomic mass is 16.5. The Morgan fingerprint density at radius 1 is 1.10 bits per heavy atom. The first kappa shape index (κ1) is 20.3. The van der Waals surface area contributed by atoms with E-state index in [1.807, 2.05) is 24.3 Å². The fraction of sp³-hybridized carbons (Fsp3) is 0.217. The van der Waals surface area contributed by atoms with Gasteiger partial charge in [0.05, 0.1) is 11.2 Å². The topological polar surface area (TPSA) is 112 Å². The minimum Gasteiger partial charge on any atom is -0.469 e. The Hall–Kier alpha value is -3.96.